The summed E-state index contributed by atoms with van der Waals surface area (Å²) in [5.41, 5.74) is 2.21. The van der Waals surface area contributed by atoms with Crippen LogP contribution < -0.4 is 5.32 Å². The topological polar surface area (TPSA) is 70.8 Å². The predicted octanol–water partition coefficient (Wildman–Crippen LogP) is 1.68. The van der Waals surface area contributed by atoms with Crippen molar-refractivity contribution in [3.63, 3.8) is 0 Å². The third-order valence-electron chi connectivity index (χ3n) is 4.47. The number of amides is 2. The Kier molecular flexibility index (Phi) is 3.66. The zero-order chi connectivity index (χ0) is 15.8. The summed E-state index contributed by atoms with van der Waals surface area (Å²) in [4.78, 5) is 21.0. The number of morpholine rings is 1. The Balaban J connectivity index is 1.44. The number of aryl methyl sites for hydroxylation is 1. The lowest BCUT2D eigenvalue weighted by atomic mass is 10.1. The van der Waals surface area contributed by atoms with Gasteiger partial charge in [0, 0.05) is 44.9 Å². The minimum atomic E-state index is -0.0780. The molecule has 4 rings (SSSR count). The fourth-order valence-corrected chi connectivity index (χ4v) is 3.25. The monoisotopic (exact) mass is 316 g/mol. The summed E-state index contributed by atoms with van der Waals surface area (Å²) in [6.07, 6.45) is 0. The largest absolute Gasteiger partial charge is 0.441 e. The molecule has 3 heterocycles. The molecule has 1 aromatic carbocycles. The maximum Gasteiger partial charge on any atom is 0.321 e. The molecule has 2 fully saturated rings. The summed E-state index contributed by atoms with van der Waals surface area (Å²) in [5.74, 6) is 0.622. The summed E-state index contributed by atoms with van der Waals surface area (Å²) < 4.78 is 11.0. The van der Waals surface area contributed by atoms with Gasteiger partial charge in [0.2, 0.25) is 0 Å². The van der Waals surface area contributed by atoms with Gasteiger partial charge in [0.15, 0.2) is 11.5 Å². The Labute approximate surface area is 134 Å². The van der Waals surface area contributed by atoms with Gasteiger partial charge in [0.1, 0.15) is 5.52 Å². The molecule has 2 saturated heterocycles. The number of benzene rings is 1. The molecule has 1 atom stereocenters. The van der Waals surface area contributed by atoms with Gasteiger partial charge in [-0.15, -0.1) is 0 Å². The highest BCUT2D eigenvalue weighted by molar-refractivity contribution is 5.91. The standard InChI is InChI=1S/C16H20N4O3/c1-11-17-14-3-2-12(8-15(14)23-11)18-16(21)20-5-4-19-6-7-22-10-13(19)9-20/h2-3,8,13H,4-7,9-10H2,1H3,(H,18,21)/t13-/m1/s1. The number of oxazole rings is 1. The fraction of sp³-hybridized carbons (Fsp3) is 0.500. The van der Waals surface area contributed by atoms with E-state index in [-0.39, 0.29) is 6.03 Å². The Morgan fingerprint density at radius 1 is 1.35 bits per heavy atom. The first kappa shape index (κ1) is 14.5. The molecule has 0 saturated carbocycles. The number of piperazine rings is 1. The number of urea groups is 1. The molecule has 1 aromatic heterocycles. The number of ether oxygens (including phenoxy) is 1. The second-order valence-electron chi connectivity index (χ2n) is 6.06. The summed E-state index contributed by atoms with van der Waals surface area (Å²) in [7, 11) is 0. The van der Waals surface area contributed by atoms with Crippen LogP contribution in [0.4, 0.5) is 10.5 Å². The van der Waals surface area contributed by atoms with Crippen molar-refractivity contribution in [2.24, 2.45) is 0 Å². The minimum absolute atomic E-state index is 0.0780. The van der Waals surface area contributed by atoms with Crippen molar-refractivity contribution >= 4 is 22.8 Å². The van der Waals surface area contributed by atoms with E-state index >= 15 is 0 Å². The molecule has 0 aliphatic carbocycles. The highest BCUT2D eigenvalue weighted by atomic mass is 16.5. The number of hydrogen-bond donors (Lipinski definition) is 1. The van der Waals surface area contributed by atoms with E-state index in [2.05, 4.69) is 15.2 Å². The van der Waals surface area contributed by atoms with E-state index in [4.69, 9.17) is 9.15 Å². The SMILES string of the molecule is Cc1nc2ccc(NC(=O)N3CCN4CCOC[C@H]4C3)cc2o1. The number of carbonyl (C=O) groups is 1. The number of nitrogens with zero attached hydrogens (tertiary/aromatic N) is 3. The lowest BCUT2D eigenvalue weighted by molar-refractivity contribution is -0.0355. The first-order chi connectivity index (χ1) is 11.2. The summed E-state index contributed by atoms with van der Waals surface area (Å²) >= 11 is 0. The molecule has 2 aromatic rings. The molecule has 0 bridgehead atoms. The number of rotatable bonds is 1. The normalized spacial score (nSPS) is 22.1. The number of carbonyl (C=O) groups excluding carboxylic acids is 1. The van der Waals surface area contributed by atoms with Crippen LogP contribution in [0.3, 0.4) is 0 Å². The van der Waals surface area contributed by atoms with Gasteiger partial charge < -0.3 is 19.4 Å². The quantitative estimate of drug-likeness (QED) is 0.867. The second kappa shape index (κ2) is 5.82. The van der Waals surface area contributed by atoms with Crippen molar-refractivity contribution < 1.29 is 13.9 Å². The molecular weight excluding hydrogens is 296 g/mol. The average molecular weight is 316 g/mol. The van der Waals surface area contributed by atoms with Crippen LogP contribution in [0.25, 0.3) is 11.1 Å². The zero-order valence-corrected chi connectivity index (χ0v) is 13.1. The Morgan fingerprint density at radius 2 is 2.26 bits per heavy atom. The van der Waals surface area contributed by atoms with Gasteiger partial charge in [-0.05, 0) is 12.1 Å². The van der Waals surface area contributed by atoms with E-state index in [1.54, 1.807) is 0 Å². The summed E-state index contributed by atoms with van der Waals surface area (Å²) in [6.45, 7) is 6.61. The zero-order valence-electron chi connectivity index (χ0n) is 13.1. The second-order valence-corrected chi connectivity index (χ2v) is 6.06. The molecule has 2 aliphatic rings. The van der Waals surface area contributed by atoms with Crippen LogP contribution in [0.1, 0.15) is 5.89 Å². The number of aromatic nitrogens is 1. The molecule has 2 aliphatic heterocycles. The fourth-order valence-electron chi connectivity index (χ4n) is 3.25. The maximum atomic E-state index is 12.5. The Bertz CT molecular complexity index is 729. The molecule has 0 radical (unpaired) electrons. The maximum absolute atomic E-state index is 12.5. The molecule has 23 heavy (non-hydrogen) atoms. The minimum Gasteiger partial charge on any atom is -0.441 e. The van der Waals surface area contributed by atoms with Crippen molar-refractivity contribution in [2.75, 3.05) is 44.7 Å². The van der Waals surface area contributed by atoms with E-state index in [1.165, 1.54) is 0 Å². The van der Waals surface area contributed by atoms with E-state index in [0.29, 0.717) is 30.7 Å². The highest BCUT2D eigenvalue weighted by Gasteiger charge is 2.31. The predicted molar refractivity (Wildman–Crippen MR) is 85.5 cm³/mol. The van der Waals surface area contributed by atoms with Crippen molar-refractivity contribution in [1.82, 2.24) is 14.8 Å². The van der Waals surface area contributed by atoms with Crippen LogP contribution in [-0.4, -0.2) is 66.2 Å². The van der Waals surface area contributed by atoms with Crippen molar-refractivity contribution in [1.29, 1.82) is 0 Å². The molecule has 0 unspecified atom stereocenters. The first-order valence-electron chi connectivity index (χ1n) is 7.94. The van der Waals surface area contributed by atoms with E-state index in [1.807, 2.05) is 30.0 Å². The molecule has 7 heteroatoms. The van der Waals surface area contributed by atoms with Crippen LogP contribution >= 0.6 is 0 Å². The van der Waals surface area contributed by atoms with Gasteiger partial charge in [0.25, 0.3) is 0 Å². The van der Waals surface area contributed by atoms with Crippen molar-refractivity contribution in [2.45, 2.75) is 13.0 Å². The average Bonchev–Trinajstić information content (AvgIpc) is 2.93. The number of fused-ring (bicyclic) bond motifs is 2. The van der Waals surface area contributed by atoms with E-state index in [9.17, 15) is 4.79 Å². The van der Waals surface area contributed by atoms with Gasteiger partial charge >= 0.3 is 6.03 Å². The van der Waals surface area contributed by atoms with Crippen LogP contribution in [-0.2, 0) is 4.74 Å². The molecule has 122 valence electrons. The smallest absolute Gasteiger partial charge is 0.321 e. The number of nitrogens with one attached hydrogen (secondary N) is 1. The number of hydrogen-bond acceptors (Lipinski definition) is 5. The highest BCUT2D eigenvalue weighted by Crippen LogP contribution is 2.21. The van der Waals surface area contributed by atoms with Gasteiger partial charge in [-0.2, -0.15) is 0 Å². The Morgan fingerprint density at radius 3 is 3.17 bits per heavy atom. The van der Waals surface area contributed by atoms with E-state index in [0.717, 1.165) is 37.4 Å². The summed E-state index contributed by atoms with van der Waals surface area (Å²) in [5, 5.41) is 2.95. The van der Waals surface area contributed by atoms with Gasteiger partial charge in [-0.3, -0.25) is 4.90 Å². The van der Waals surface area contributed by atoms with Crippen molar-refractivity contribution in [3.05, 3.63) is 24.1 Å². The van der Waals surface area contributed by atoms with Gasteiger partial charge in [0.05, 0.1) is 19.3 Å². The van der Waals surface area contributed by atoms with Gasteiger partial charge in [-0.1, -0.05) is 0 Å². The van der Waals surface area contributed by atoms with Crippen LogP contribution in [0, 0.1) is 6.92 Å². The van der Waals surface area contributed by atoms with Crippen molar-refractivity contribution in [3.8, 4) is 0 Å². The lowest BCUT2D eigenvalue weighted by Crippen LogP contribution is -2.59. The Hall–Kier alpha value is -2.12. The van der Waals surface area contributed by atoms with E-state index < -0.39 is 0 Å². The summed E-state index contributed by atoms with van der Waals surface area (Å²) in [6, 6.07) is 5.75. The van der Waals surface area contributed by atoms with Crippen LogP contribution in [0.15, 0.2) is 22.6 Å². The lowest BCUT2D eigenvalue weighted by Gasteiger charge is -2.43. The first-order valence-corrected chi connectivity index (χ1v) is 7.94. The third kappa shape index (κ3) is 2.89. The molecular formula is C16H20N4O3. The van der Waals surface area contributed by atoms with Crippen LogP contribution in [0.5, 0.6) is 0 Å². The van der Waals surface area contributed by atoms with Crippen LogP contribution in [0.2, 0.25) is 0 Å². The molecule has 1 N–H and O–H groups in total. The third-order valence-corrected chi connectivity index (χ3v) is 4.47. The molecule has 0 spiro atoms. The molecule has 2 amide bonds. The number of anilines is 1. The molecule has 7 nitrogen and oxygen atoms in total. The van der Waals surface area contributed by atoms with Gasteiger partial charge in [-0.25, -0.2) is 9.78 Å².